The van der Waals surface area contributed by atoms with Crippen LogP contribution in [0.2, 0.25) is 10.0 Å². The highest BCUT2D eigenvalue weighted by molar-refractivity contribution is 6.51. The molecule has 7 nitrogen and oxygen atoms in total. The molecule has 176 valence electrons. The lowest BCUT2D eigenvalue weighted by atomic mass is 9.98. The van der Waals surface area contributed by atoms with Gasteiger partial charge >= 0.3 is 0 Å². The lowest BCUT2D eigenvalue weighted by molar-refractivity contribution is -0.132. The number of carbonyl (C=O) groups is 2. The van der Waals surface area contributed by atoms with Crippen molar-refractivity contribution in [3.63, 3.8) is 0 Å². The second-order valence-electron chi connectivity index (χ2n) is 8.00. The van der Waals surface area contributed by atoms with E-state index in [1.807, 2.05) is 31.1 Å². The minimum Gasteiger partial charge on any atom is -0.507 e. The SMILES string of the molecule is COc1c(Cl)cc(Cl)cc1/C(O)=C1\C(=O)C(=O)N(c2ccc(N(C)C)cc2)C1c1ccc(C)o1. The van der Waals surface area contributed by atoms with Crippen LogP contribution in [0.4, 0.5) is 11.4 Å². The number of ketones is 1. The Bertz CT molecular complexity index is 1310. The molecule has 1 amide bonds. The number of Topliss-reactive ketones (excluding diaryl/α,β-unsaturated/α-hetero) is 1. The molecule has 1 saturated heterocycles. The molecule has 34 heavy (non-hydrogen) atoms. The Morgan fingerprint density at radius 1 is 1.09 bits per heavy atom. The standard InChI is InChI=1S/C25H22Cl2N2O5/c1-13-5-10-19(34-13)21-20(22(30)17-11-14(26)12-18(27)24(17)33-4)23(31)25(32)29(21)16-8-6-15(7-9-16)28(2)3/h5-12,21,30H,1-4H3/b22-20+. The number of benzene rings is 2. The minimum atomic E-state index is -1.01. The third-order valence-corrected chi connectivity index (χ3v) is 6.09. The molecule has 0 radical (unpaired) electrons. The average Bonchev–Trinajstić information content (AvgIpc) is 3.33. The fourth-order valence-corrected chi connectivity index (χ4v) is 4.54. The number of hydrogen-bond donors (Lipinski definition) is 1. The first-order chi connectivity index (χ1) is 16.1. The summed E-state index contributed by atoms with van der Waals surface area (Å²) in [5.74, 6) is -1.10. The fourth-order valence-electron chi connectivity index (χ4n) is 3.97. The molecular weight excluding hydrogens is 479 g/mol. The molecule has 1 aliphatic rings. The van der Waals surface area contributed by atoms with Crippen LogP contribution < -0.4 is 14.5 Å². The molecule has 1 unspecified atom stereocenters. The summed E-state index contributed by atoms with van der Waals surface area (Å²) in [6, 6.07) is 12.4. The molecule has 2 aromatic carbocycles. The van der Waals surface area contributed by atoms with Gasteiger partial charge in [0.05, 0.1) is 23.3 Å². The zero-order chi connectivity index (χ0) is 24.7. The summed E-state index contributed by atoms with van der Waals surface area (Å²) in [5, 5.41) is 11.7. The highest BCUT2D eigenvalue weighted by Gasteiger charge is 2.48. The summed E-state index contributed by atoms with van der Waals surface area (Å²) < 4.78 is 11.2. The van der Waals surface area contributed by atoms with Gasteiger partial charge in [-0.05, 0) is 55.5 Å². The molecular formula is C25H22Cl2N2O5. The highest BCUT2D eigenvalue weighted by Crippen LogP contribution is 2.45. The maximum absolute atomic E-state index is 13.3. The van der Waals surface area contributed by atoms with E-state index in [9.17, 15) is 14.7 Å². The van der Waals surface area contributed by atoms with Crippen molar-refractivity contribution in [2.45, 2.75) is 13.0 Å². The molecule has 0 aliphatic carbocycles. The smallest absolute Gasteiger partial charge is 0.300 e. The van der Waals surface area contributed by atoms with Crippen LogP contribution in [0.1, 0.15) is 23.1 Å². The Kier molecular flexibility index (Phi) is 6.34. The van der Waals surface area contributed by atoms with Gasteiger partial charge in [0.2, 0.25) is 0 Å². The van der Waals surface area contributed by atoms with Crippen molar-refractivity contribution >= 4 is 52.0 Å². The van der Waals surface area contributed by atoms with Gasteiger partial charge in [-0.15, -0.1) is 0 Å². The Hall–Kier alpha value is -3.42. The summed E-state index contributed by atoms with van der Waals surface area (Å²) >= 11 is 12.4. The summed E-state index contributed by atoms with van der Waals surface area (Å²) in [5.41, 5.74) is 1.33. The topological polar surface area (TPSA) is 83.2 Å². The van der Waals surface area contributed by atoms with Crippen LogP contribution in [0.5, 0.6) is 5.75 Å². The van der Waals surface area contributed by atoms with Crippen molar-refractivity contribution in [1.29, 1.82) is 0 Å². The van der Waals surface area contributed by atoms with Crippen molar-refractivity contribution in [2.75, 3.05) is 31.0 Å². The molecule has 1 aliphatic heterocycles. The van der Waals surface area contributed by atoms with Crippen molar-refractivity contribution in [3.05, 3.63) is 81.2 Å². The Labute approximate surface area is 206 Å². The molecule has 1 aromatic heterocycles. The lowest BCUT2D eigenvalue weighted by Gasteiger charge is -2.24. The van der Waals surface area contributed by atoms with Crippen molar-refractivity contribution in [2.24, 2.45) is 0 Å². The number of carbonyl (C=O) groups excluding carboxylic acids is 2. The number of methoxy groups -OCH3 is 1. The molecule has 4 rings (SSSR count). The van der Waals surface area contributed by atoms with E-state index in [0.717, 1.165) is 5.69 Å². The third-order valence-electron chi connectivity index (χ3n) is 5.59. The van der Waals surface area contributed by atoms with E-state index in [2.05, 4.69) is 0 Å². The Morgan fingerprint density at radius 2 is 1.76 bits per heavy atom. The largest absolute Gasteiger partial charge is 0.507 e. The van der Waals surface area contributed by atoms with Gasteiger partial charge in [0.1, 0.15) is 29.1 Å². The number of aliphatic hydroxyl groups is 1. The van der Waals surface area contributed by atoms with E-state index in [-0.39, 0.29) is 26.9 Å². The van der Waals surface area contributed by atoms with Crippen molar-refractivity contribution in [3.8, 4) is 5.75 Å². The van der Waals surface area contributed by atoms with E-state index >= 15 is 0 Å². The number of rotatable bonds is 5. The first-order valence-corrected chi connectivity index (χ1v) is 11.1. The summed E-state index contributed by atoms with van der Waals surface area (Å²) in [6.45, 7) is 1.75. The summed E-state index contributed by atoms with van der Waals surface area (Å²) in [4.78, 5) is 29.7. The number of anilines is 2. The normalized spacial score (nSPS) is 17.4. The van der Waals surface area contributed by atoms with Crippen molar-refractivity contribution in [1.82, 2.24) is 0 Å². The van der Waals surface area contributed by atoms with Crippen LogP contribution in [0, 0.1) is 6.92 Å². The summed E-state index contributed by atoms with van der Waals surface area (Å²) in [6.07, 6.45) is 0. The Balaban J connectivity index is 1.95. The van der Waals surface area contributed by atoms with E-state index in [1.54, 1.807) is 31.2 Å². The number of ether oxygens (including phenoxy) is 1. The minimum absolute atomic E-state index is 0.0919. The van der Waals surface area contributed by atoms with E-state index in [0.29, 0.717) is 17.2 Å². The van der Waals surface area contributed by atoms with Crippen LogP contribution >= 0.6 is 23.2 Å². The highest BCUT2D eigenvalue weighted by atomic mass is 35.5. The monoisotopic (exact) mass is 500 g/mol. The number of halogens is 2. The third kappa shape index (κ3) is 4.02. The van der Waals surface area contributed by atoms with Gasteiger partial charge in [0, 0.05) is 30.5 Å². The molecule has 1 atom stereocenters. The van der Waals surface area contributed by atoms with Gasteiger partial charge in [0.25, 0.3) is 11.7 Å². The van der Waals surface area contributed by atoms with Gasteiger partial charge in [-0.2, -0.15) is 0 Å². The first-order valence-electron chi connectivity index (χ1n) is 10.3. The number of aryl methyl sites for hydroxylation is 1. The average molecular weight is 501 g/mol. The number of nitrogens with zero attached hydrogens (tertiary/aromatic N) is 2. The van der Waals surface area contributed by atoms with Gasteiger partial charge in [-0.3, -0.25) is 14.5 Å². The van der Waals surface area contributed by atoms with E-state index in [1.165, 1.54) is 24.1 Å². The fraction of sp³-hybridized carbons (Fsp3) is 0.200. The summed E-state index contributed by atoms with van der Waals surface area (Å²) in [7, 11) is 5.18. The number of aliphatic hydroxyl groups excluding tert-OH is 1. The predicted molar refractivity (Wildman–Crippen MR) is 132 cm³/mol. The second kappa shape index (κ2) is 9.08. The second-order valence-corrected chi connectivity index (χ2v) is 8.84. The molecule has 0 saturated carbocycles. The van der Waals surface area contributed by atoms with Crippen LogP contribution in [0.3, 0.4) is 0 Å². The number of furan rings is 1. The molecule has 2 heterocycles. The quantitative estimate of drug-likeness (QED) is 0.279. The molecule has 9 heteroatoms. The molecule has 1 N–H and O–H groups in total. The zero-order valence-electron chi connectivity index (χ0n) is 18.9. The Morgan fingerprint density at radius 3 is 2.32 bits per heavy atom. The maximum Gasteiger partial charge on any atom is 0.300 e. The van der Waals surface area contributed by atoms with E-state index in [4.69, 9.17) is 32.4 Å². The molecule has 3 aromatic rings. The molecule has 0 spiro atoms. The number of hydrogen-bond acceptors (Lipinski definition) is 6. The van der Waals surface area contributed by atoms with Gasteiger partial charge in [0.15, 0.2) is 0 Å². The predicted octanol–water partition coefficient (Wildman–Crippen LogP) is 5.60. The maximum atomic E-state index is 13.3. The molecule has 1 fully saturated rings. The molecule has 0 bridgehead atoms. The van der Waals surface area contributed by atoms with Gasteiger partial charge in [-0.25, -0.2) is 0 Å². The van der Waals surface area contributed by atoms with Crippen LogP contribution in [-0.2, 0) is 9.59 Å². The lowest BCUT2D eigenvalue weighted by Crippen LogP contribution is -2.29. The van der Waals surface area contributed by atoms with Gasteiger partial charge in [-0.1, -0.05) is 23.2 Å². The first kappa shape index (κ1) is 23.7. The van der Waals surface area contributed by atoms with Crippen LogP contribution in [0.15, 0.2) is 58.5 Å². The zero-order valence-corrected chi connectivity index (χ0v) is 20.4. The van der Waals surface area contributed by atoms with Crippen LogP contribution in [0.25, 0.3) is 5.76 Å². The van der Waals surface area contributed by atoms with Gasteiger partial charge < -0.3 is 19.2 Å². The number of amides is 1. The van der Waals surface area contributed by atoms with E-state index < -0.39 is 23.5 Å². The van der Waals surface area contributed by atoms with Crippen LogP contribution in [-0.4, -0.2) is 38.0 Å². The van der Waals surface area contributed by atoms with Crippen molar-refractivity contribution < 1.29 is 23.8 Å².